The number of carbonyl (C=O) groups excluding carboxylic acids is 1. The van der Waals surface area contributed by atoms with Gasteiger partial charge in [-0.15, -0.1) is 0 Å². The van der Waals surface area contributed by atoms with E-state index in [1.54, 1.807) is 17.0 Å². The van der Waals surface area contributed by atoms with E-state index < -0.39 is 4.92 Å². The van der Waals surface area contributed by atoms with Gasteiger partial charge in [-0.25, -0.2) is 0 Å². The van der Waals surface area contributed by atoms with Crippen LogP contribution in [0, 0.1) is 10.1 Å². The Hall–Kier alpha value is -2.19. The van der Waals surface area contributed by atoms with Crippen molar-refractivity contribution in [1.82, 2.24) is 4.90 Å². The minimum absolute atomic E-state index is 0.0148. The van der Waals surface area contributed by atoms with Crippen LogP contribution in [0.4, 0.5) is 11.4 Å². The summed E-state index contributed by atoms with van der Waals surface area (Å²) in [5, 5.41) is 11.6. The van der Waals surface area contributed by atoms with Gasteiger partial charge in [0.2, 0.25) is 0 Å². The smallest absolute Gasteiger partial charge is 0.293 e. The first kappa shape index (κ1) is 18.6. The summed E-state index contributed by atoms with van der Waals surface area (Å²) in [4.78, 5) is 27.5. The number of nitro groups is 1. The number of carbonyl (C=O) groups is 1. The van der Waals surface area contributed by atoms with Gasteiger partial charge in [0, 0.05) is 44.4 Å². The van der Waals surface area contributed by atoms with Crippen molar-refractivity contribution in [2.75, 3.05) is 50.9 Å². The fraction of sp³-hybridized carbons (Fsp3) is 0.611. The topological polar surface area (TPSA) is 85.2 Å². The van der Waals surface area contributed by atoms with Gasteiger partial charge in [-0.3, -0.25) is 14.9 Å². The van der Waals surface area contributed by atoms with Crippen LogP contribution < -0.4 is 4.90 Å². The van der Waals surface area contributed by atoms with Crippen molar-refractivity contribution in [3.8, 4) is 0 Å². The zero-order valence-corrected chi connectivity index (χ0v) is 15.1. The Morgan fingerprint density at radius 3 is 2.58 bits per heavy atom. The summed E-state index contributed by atoms with van der Waals surface area (Å²) < 4.78 is 10.9. The van der Waals surface area contributed by atoms with E-state index in [1.165, 1.54) is 6.07 Å². The lowest BCUT2D eigenvalue weighted by atomic mass is 10.0. The Kier molecular flexibility index (Phi) is 6.05. The summed E-state index contributed by atoms with van der Waals surface area (Å²) in [6.07, 6.45) is 1.91. The molecule has 0 bridgehead atoms. The van der Waals surface area contributed by atoms with Gasteiger partial charge in [0.25, 0.3) is 11.6 Å². The number of morpholine rings is 1. The van der Waals surface area contributed by atoms with E-state index in [-0.39, 0.29) is 17.7 Å². The number of piperidine rings is 1. The summed E-state index contributed by atoms with van der Waals surface area (Å²) in [6.45, 7) is 6.11. The Bertz CT molecular complexity index is 652. The first-order chi connectivity index (χ1) is 12.6. The first-order valence-electron chi connectivity index (χ1n) is 9.12. The fourth-order valence-corrected chi connectivity index (χ4v) is 3.52. The lowest BCUT2D eigenvalue weighted by Crippen LogP contribution is -2.40. The number of anilines is 1. The molecule has 26 heavy (non-hydrogen) atoms. The molecule has 8 nitrogen and oxygen atoms in total. The van der Waals surface area contributed by atoms with E-state index in [9.17, 15) is 14.9 Å². The van der Waals surface area contributed by atoms with Crippen LogP contribution in [0.1, 0.15) is 30.1 Å². The molecule has 0 saturated carbocycles. The maximum atomic E-state index is 12.6. The molecule has 2 fully saturated rings. The summed E-state index contributed by atoms with van der Waals surface area (Å²) in [6, 6.07) is 4.79. The van der Waals surface area contributed by atoms with Crippen LogP contribution >= 0.6 is 0 Å². The Morgan fingerprint density at radius 1 is 1.27 bits per heavy atom. The number of hydrogen-bond acceptors (Lipinski definition) is 6. The molecule has 0 radical (unpaired) electrons. The molecule has 0 N–H and O–H groups in total. The van der Waals surface area contributed by atoms with Crippen LogP contribution in [0.2, 0.25) is 0 Å². The van der Waals surface area contributed by atoms with Crippen LogP contribution in [0.3, 0.4) is 0 Å². The standard InChI is InChI=1S/C18H25N3O5/c1-2-26-15-5-7-19(8-6-15)16-4-3-14(13-17(16)21(23)24)18(22)20-9-11-25-12-10-20/h3-4,13,15H,2,5-12H2,1H3. The number of nitro benzene ring substituents is 1. The third kappa shape index (κ3) is 4.13. The van der Waals surface area contributed by atoms with Crippen molar-refractivity contribution in [3.05, 3.63) is 33.9 Å². The van der Waals surface area contributed by atoms with Crippen molar-refractivity contribution >= 4 is 17.3 Å². The van der Waals surface area contributed by atoms with Crippen LogP contribution in [-0.4, -0.2) is 67.8 Å². The molecule has 0 atom stereocenters. The van der Waals surface area contributed by atoms with E-state index >= 15 is 0 Å². The second-order valence-corrected chi connectivity index (χ2v) is 6.51. The van der Waals surface area contributed by atoms with Crippen LogP contribution in [0.15, 0.2) is 18.2 Å². The van der Waals surface area contributed by atoms with Gasteiger partial charge in [0.15, 0.2) is 0 Å². The van der Waals surface area contributed by atoms with Gasteiger partial charge >= 0.3 is 0 Å². The van der Waals surface area contributed by atoms with Crippen molar-refractivity contribution in [3.63, 3.8) is 0 Å². The molecule has 2 aliphatic rings. The molecule has 2 saturated heterocycles. The monoisotopic (exact) mass is 363 g/mol. The molecule has 1 amide bonds. The number of hydrogen-bond donors (Lipinski definition) is 0. The predicted molar refractivity (Wildman–Crippen MR) is 96.7 cm³/mol. The number of rotatable bonds is 5. The minimum atomic E-state index is -0.403. The van der Waals surface area contributed by atoms with E-state index in [1.807, 2.05) is 11.8 Å². The average molecular weight is 363 g/mol. The quantitative estimate of drug-likeness (QED) is 0.588. The fourth-order valence-electron chi connectivity index (χ4n) is 3.52. The lowest BCUT2D eigenvalue weighted by Gasteiger charge is -2.33. The number of benzene rings is 1. The highest BCUT2D eigenvalue weighted by Gasteiger charge is 2.27. The molecule has 142 valence electrons. The molecular formula is C18H25N3O5. The highest BCUT2D eigenvalue weighted by Crippen LogP contribution is 2.32. The maximum absolute atomic E-state index is 12.6. The maximum Gasteiger partial charge on any atom is 0.293 e. The molecule has 3 rings (SSSR count). The van der Waals surface area contributed by atoms with Crippen molar-refractivity contribution < 1.29 is 19.2 Å². The van der Waals surface area contributed by atoms with E-state index in [4.69, 9.17) is 9.47 Å². The zero-order valence-electron chi connectivity index (χ0n) is 15.1. The normalized spacial score (nSPS) is 18.8. The molecule has 8 heteroatoms. The lowest BCUT2D eigenvalue weighted by molar-refractivity contribution is -0.384. The second kappa shape index (κ2) is 8.46. The molecule has 0 aliphatic carbocycles. The average Bonchev–Trinajstić information content (AvgIpc) is 2.68. The molecule has 1 aromatic rings. The molecule has 0 aromatic heterocycles. The zero-order chi connectivity index (χ0) is 18.5. The van der Waals surface area contributed by atoms with Crippen LogP contribution in [0.5, 0.6) is 0 Å². The minimum Gasteiger partial charge on any atom is -0.378 e. The number of ether oxygens (including phenoxy) is 2. The largest absolute Gasteiger partial charge is 0.378 e. The highest BCUT2D eigenvalue weighted by atomic mass is 16.6. The second-order valence-electron chi connectivity index (χ2n) is 6.51. The van der Waals surface area contributed by atoms with Crippen molar-refractivity contribution in [2.45, 2.75) is 25.9 Å². The van der Waals surface area contributed by atoms with Gasteiger partial charge in [-0.2, -0.15) is 0 Å². The molecule has 0 unspecified atom stereocenters. The third-order valence-corrected chi connectivity index (χ3v) is 4.90. The van der Waals surface area contributed by atoms with Crippen molar-refractivity contribution in [2.24, 2.45) is 0 Å². The van der Waals surface area contributed by atoms with Gasteiger partial charge in [0.05, 0.1) is 24.2 Å². The van der Waals surface area contributed by atoms with Gasteiger partial charge in [-0.1, -0.05) is 0 Å². The summed E-state index contributed by atoms with van der Waals surface area (Å²) >= 11 is 0. The summed E-state index contributed by atoms with van der Waals surface area (Å²) in [5.74, 6) is -0.182. The SMILES string of the molecule is CCOC1CCN(c2ccc(C(=O)N3CCOCC3)cc2[N+](=O)[O-])CC1. The van der Waals surface area contributed by atoms with E-state index in [0.717, 1.165) is 12.8 Å². The van der Waals surface area contributed by atoms with E-state index in [0.29, 0.717) is 57.3 Å². The summed E-state index contributed by atoms with van der Waals surface area (Å²) in [5.41, 5.74) is 0.911. The molecule has 2 aliphatic heterocycles. The van der Waals surface area contributed by atoms with Gasteiger partial charge < -0.3 is 19.3 Å². The Morgan fingerprint density at radius 2 is 1.96 bits per heavy atom. The molecule has 0 spiro atoms. The molecular weight excluding hydrogens is 338 g/mol. The van der Waals surface area contributed by atoms with Crippen LogP contribution in [-0.2, 0) is 9.47 Å². The number of nitrogens with zero attached hydrogens (tertiary/aromatic N) is 3. The van der Waals surface area contributed by atoms with Crippen LogP contribution in [0.25, 0.3) is 0 Å². The Labute approximate surface area is 152 Å². The third-order valence-electron chi connectivity index (χ3n) is 4.90. The van der Waals surface area contributed by atoms with Crippen molar-refractivity contribution in [1.29, 1.82) is 0 Å². The van der Waals surface area contributed by atoms with E-state index in [2.05, 4.69) is 0 Å². The van der Waals surface area contributed by atoms with Gasteiger partial charge in [-0.05, 0) is 31.9 Å². The predicted octanol–water partition coefficient (Wildman–Crippen LogP) is 2.07. The molecule has 1 aromatic carbocycles. The summed E-state index contributed by atoms with van der Waals surface area (Å²) in [7, 11) is 0. The van der Waals surface area contributed by atoms with Gasteiger partial charge in [0.1, 0.15) is 5.69 Å². The highest BCUT2D eigenvalue weighted by molar-refractivity contribution is 5.96. The first-order valence-corrected chi connectivity index (χ1v) is 9.12. The number of amides is 1. The molecule has 2 heterocycles. The Balaban J connectivity index is 1.77.